The molecular formula is C16H17BrFNO2. The summed E-state index contributed by atoms with van der Waals surface area (Å²) in [5.74, 6) is 0.974. The van der Waals surface area contributed by atoms with Crippen molar-refractivity contribution in [3.05, 3.63) is 57.8 Å². The van der Waals surface area contributed by atoms with Crippen molar-refractivity contribution in [1.82, 2.24) is 0 Å². The lowest BCUT2D eigenvalue weighted by Crippen LogP contribution is -2.04. The molecule has 3 nitrogen and oxygen atoms in total. The lowest BCUT2D eigenvalue weighted by atomic mass is 10.1. The summed E-state index contributed by atoms with van der Waals surface area (Å²) in [6.45, 7) is 0.835. The van der Waals surface area contributed by atoms with Crippen LogP contribution in [0.3, 0.4) is 0 Å². The number of rotatable bonds is 6. The molecule has 21 heavy (non-hydrogen) atoms. The van der Waals surface area contributed by atoms with Gasteiger partial charge in [-0.25, -0.2) is 4.39 Å². The van der Waals surface area contributed by atoms with E-state index in [9.17, 15) is 4.39 Å². The lowest BCUT2D eigenvalue weighted by Gasteiger charge is -2.12. The highest BCUT2D eigenvalue weighted by atomic mass is 79.9. The number of nitrogens with two attached hydrogens (primary N) is 1. The summed E-state index contributed by atoms with van der Waals surface area (Å²) in [5.41, 5.74) is 7.38. The third-order valence-electron chi connectivity index (χ3n) is 2.98. The SMILES string of the molecule is COc1ccc(CCN)cc1OCc1cc(F)cc(Br)c1. The Bertz CT molecular complexity index is 599. The third kappa shape index (κ3) is 4.44. The van der Waals surface area contributed by atoms with E-state index in [0.29, 0.717) is 22.5 Å². The predicted molar refractivity (Wildman–Crippen MR) is 84.2 cm³/mol. The molecule has 0 saturated carbocycles. The van der Waals surface area contributed by atoms with Crippen LogP contribution >= 0.6 is 15.9 Å². The van der Waals surface area contributed by atoms with Crippen LogP contribution < -0.4 is 15.2 Å². The van der Waals surface area contributed by atoms with Crippen molar-refractivity contribution in [1.29, 1.82) is 0 Å². The normalized spacial score (nSPS) is 10.5. The molecule has 0 aliphatic rings. The highest BCUT2D eigenvalue weighted by Crippen LogP contribution is 2.29. The van der Waals surface area contributed by atoms with Crippen molar-refractivity contribution in [3.63, 3.8) is 0 Å². The molecule has 2 aromatic rings. The molecule has 0 radical (unpaired) electrons. The van der Waals surface area contributed by atoms with Crippen molar-refractivity contribution >= 4 is 15.9 Å². The minimum absolute atomic E-state index is 0.263. The van der Waals surface area contributed by atoms with E-state index in [4.69, 9.17) is 15.2 Å². The van der Waals surface area contributed by atoms with E-state index in [1.165, 1.54) is 12.1 Å². The van der Waals surface area contributed by atoms with E-state index >= 15 is 0 Å². The number of halogens is 2. The molecule has 0 saturated heterocycles. The van der Waals surface area contributed by atoms with Gasteiger partial charge in [-0.1, -0.05) is 22.0 Å². The Morgan fingerprint density at radius 3 is 2.57 bits per heavy atom. The first-order chi connectivity index (χ1) is 10.1. The molecule has 2 aromatic carbocycles. The molecule has 2 rings (SSSR count). The van der Waals surface area contributed by atoms with Crippen LogP contribution in [0.1, 0.15) is 11.1 Å². The number of benzene rings is 2. The first-order valence-electron chi connectivity index (χ1n) is 6.57. The zero-order valence-corrected chi connectivity index (χ0v) is 13.3. The van der Waals surface area contributed by atoms with Crippen LogP contribution in [0.4, 0.5) is 4.39 Å². The van der Waals surface area contributed by atoms with Crippen LogP contribution in [0.25, 0.3) is 0 Å². The van der Waals surface area contributed by atoms with Gasteiger partial charge in [-0.2, -0.15) is 0 Å². The van der Waals surface area contributed by atoms with Gasteiger partial charge in [0.25, 0.3) is 0 Å². The summed E-state index contributed by atoms with van der Waals surface area (Å²) in [4.78, 5) is 0. The molecule has 0 amide bonds. The maximum absolute atomic E-state index is 13.3. The lowest BCUT2D eigenvalue weighted by molar-refractivity contribution is 0.283. The second-order valence-corrected chi connectivity index (χ2v) is 5.51. The zero-order valence-electron chi connectivity index (χ0n) is 11.7. The monoisotopic (exact) mass is 353 g/mol. The molecule has 112 valence electrons. The summed E-state index contributed by atoms with van der Waals surface area (Å²) < 4.78 is 25.1. The Morgan fingerprint density at radius 2 is 1.90 bits per heavy atom. The van der Waals surface area contributed by atoms with E-state index in [1.807, 2.05) is 24.3 Å². The maximum Gasteiger partial charge on any atom is 0.161 e. The second-order valence-electron chi connectivity index (χ2n) is 4.59. The van der Waals surface area contributed by atoms with Gasteiger partial charge in [0.2, 0.25) is 0 Å². The Labute approximate surface area is 132 Å². The Balaban J connectivity index is 2.15. The van der Waals surface area contributed by atoms with Crippen LogP contribution in [0.5, 0.6) is 11.5 Å². The molecular weight excluding hydrogens is 337 g/mol. The molecule has 5 heteroatoms. The van der Waals surface area contributed by atoms with E-state index < -0.39 is 0 Å². The first-order valence-corrected chi connectivity index (χ1v) is 7.36. The third-order valence-corrected chi connectivity index (χ3v) is 3.44. The van der Waals surface area contributed by atoms with E-state index in [0.717, 1.165) is 17.5 Å². The summed E-state index contributed by atoms with van der Waals surface area (Å²) in [5, 5.41) is 0. The summed E-state index contributed by atoms with van der Waals surface area (Å²) in [6, 6.07) is 10.4. The average molecular weight is 354 g/mol. The van der Waals surface area contributed by atoms with Gasteiger partial charge >= 0.3 is 0 Å². The van der Waals surface area contributed by atoms with E-state index in [-0.39, 0.29) is 12.4 Å². The van der Waals surface area contributed by atoms with Gasteiger partial charge in [-0.15, -0.1) is 0 Å². The number of hydrogen-bond acceptors (Lipinski definition) is 3. The van der Waals surface area contributed by atoms with Crippen LogP contribution in [-0.2, 0) is 13.0 Å². The first kappa shape index (κ1) is 15.8. The molecule has 0 atom stereocenters. The average Bonchev–Trinajstić information content (AvgIpc) is 2.45. The molecule has 0 aliphatic carbocycles. The Kier molecular flexibility index (Phi) is 5.59. The quantitative estimate of drug-likeness (QED) is 0.861. The van der Waals surface area contributed by atoms with Gasteiger partial charge in [0.05, 0.1) is 7.11 Å². The van der Waals surface area contributed by atoms with Crippen LogP contribution in [0, 0.1) is 5.82 Å². The fraction of sp³-hybridized carbons (Fsp3) is 0.250. The molecule has 0 heterocycles. The number of hydrogen-bond donors (Lipinski definition) is 1. The van der Waals surface area contributed by atoms with Crippen molar-refractivity contribution in [2.75, 3.05) is 13.7 Å². The van der Waals surface area contributed by atoms with Gasteiger partial charge in [0.15, 0.2) is 11.5 Å². The van der Waals surface area contributed by atoms with Gasteiger partial charge in [-0.3, -0.25) is 0 Å². The standard InChI is InChI=1S/C16H17BrFNO2/c1-20-15-3-2-11(4-5-19)8-16(15)21-10-12-6-13(17)9-14(18)7-12/h2-3,6-9H,4-5,10,19H2,1H3. The zero-order chi connectivity index (χ0) is 15.2. The highest BCUT2D eigenvalue weighted by molar-refractivity contribution is 9.10. The van der Waals surface area contributed by atoms with Crippen molar-refractivity contribution in [2.45, 2.75) is 13.0 Å². The summed E-state index contributed by atoms with van der Waals surface area (Å²) in [6.07, 6.45) is 0.770. The summed E-state index contributed by atoms with van der Waals surface area (Å²) >= 11 is 3.27. The topological polar surface area (TPSA) is 44.5 Å². The Morgan fingerprint density at radius 1 is 1.10 bits per heavy atom. The molecule has 0 aliphatic heterocycles. The molecule has 2 N–H and O–H groups in total. The maximum atomic E-state index is 13.3. The van der Waals surface area contributed by atoms with Crippen LogP contribution in [0.2, 0.25) is 0 Å². The predicted octanol–water partition coefficient (Wildman–Crippen LogP) is 3.68. The minimum Gasteiger partial charge on any atom is -0.493 e. The molecule has 0 unspecified atom stereocenters. The Hall–Kier alpha value is -1.59. The van der Waals surface area contributed by atoms with Crippen molar-refractivity contribution < 1.29 is 13.9 Å². The van der Waals surface area contributed by atoms with Crippen LogP contribution in [-0.4, -0.2) is 13.7 Å². The molecule has 0 fully saturated rings. The highest BCUT2D eigenvalue weighted by Gasteiger charge is 2.07. The number of ether oxygens (including phenoxy) is 2. The minimum atomic E-state index is -0.299. The molecule has 0 bridgehead atoms. The van der Waals surface area contributed by atoms with Gasteiger partial charge in [-0.05, 0) is 54.4 Å². The van der Waals surface area contributed by atoms with E-state index in [1.54, 1.807) is 7.11 Å². The van der Waals surface area contributed by atoms with Crippen molar-refractivity contribution in [2.24, 2.45) is 5.73 Å². The summed E-state index contributed by atoms with van der Waals surface area (Å²) in [7, 11) is 1.59. The fourth-order valence-corrected chi connectivity index (χ4v) is 2.52. The van der Waals surface area contributed by atoms with Gasteiger partial charge < -0.3 is 15.2 Å². The van der Waals surface area contributed by atoms with Gasteiger partial charge in [0.1, 0.15) is 12.4 Å². The molecule has 0 aromatic heterocycles. The molecule has 0 spiro atoms. The second kappa shape index (κ2) is 7.43. The van der Waals surface area contributed by atoms with Crippen molar-refractivity contribution in [3.8, 4) is 11.5 Å². The largest absolute Gasteiger partial charge is 0.493 e. The smallest absolute Gasteiger partial charge is 0.161 e. The van der Waals surface area contributed by atoms with Crippen LogP contribution in [0.15, 0.2) is 40.9 Å². The van der Waals surface area contributed by atoms with E-state index in [2.05, 4.69) is 15.9 Å². The number of methoxy groups -OCH3 is 1. The fourth-order valence-electron chi connectivity index (χ4n) is 2.01. The van der Waals surface area contributed by atoms with Gasteiger partial charge in [0, 0.05) is 4.47 Å².